The van der Waals surface area contributed by atoms with Crippen molar-refractivity contribution >= 4 is 22.0 Å². The minimum absolute atomic E-state index is 0.0722. The van der Waals surface area contributed by atoms with E-state index in [1.54, 1.807) is 24.3 Å². The minimum atomic E-state index is -3.60. The van der Waals surface area contributed by atoms with Crippen molar-refractivity contribution in [2.75, 3.05) is 27.8 Å². The summed E-state index contributed by atoms with van der Waals surface area (Å²) in [6, 6.07) is 12.0. The number of sulfonamides is 1. The molecule has 0 atom stereocenters. The quantitative estimate of drug-likeness (QED) is 0.677. The first-order valence-electron chi connectivity index (χ1n) is 9.00. The molecule has 0 heterocycles. The van der Waals surface area contributed by atoms with Gasteiger partial charge in [-0.1, -0.05) is 36.4 Å². The third-order valence-electron chi connectivity index (χ3n) is 4.11. The van der Waals surface area contributed by atoms with E-state index in [0.29, 0.717) is 17.1 Å². The fourth-order valence-corrected chi connectivity index (χ4v) is 3.70. The van der Waals surface area contributed by atoms with Gasteiger partial charge in [0.15, 0.2) is 18.1 Å². The van der Waals surface area contributed by atoms with Crippen LogP contribution in [-0.2, 0) is 21.4 Å². The van der Waals surface area contributed by atoms with Crippen LogP contribution in [0.3, 0.4) is 0 Å². The maximum atomic E-state index is 12.4. The zero-order valence-electron chi connectivity index (χ0n) is 17.0. The van der Waals surface area contributed by atoms with Crippen molar-refractivity contribution in [2.24, 2.45) is 0 Å². The van der Waals surface area contributed by atoms with Crippen LogP contribution in [0.4, 0.5) is 0 Å². The number of ether oxygens (including phenoxy) is 2. The molecular formula is C21H26N2O5S. The second-order valence-electron chi connectivity index (χ2n) is 6.37. The topological polar surface area (TPSA) is 84.9 Å². The molecule has 0 aliphatic carbocycles. The number of benzene rings is 2. The highest BCUT2D eigenvalue weighted by molar-refractivity contribution is 7.89. The molecule has 1 N–H and O–H groups in total. The SMILES string of the molecule is C/C=C/c1ccc(OCC(=O)NCc2ccccc2S(=O)(=O)N(C)C)c(OC)c1. The van der Waals surface area contributed by atoms with E-state index in [2.05, 4.69) is 5.32 Å². The van der Waals surface area contributed by atoms with Gasteiger partial charge in [-0.3, -0.25) is 4.79 Å². The average Bonchev–Trinajstić information content (AvgIpc) is 2.71. The zero-order valence-corrected chi connectivity index (χ0v) is 17.8. The van der Waals surface area contributed by atoms with Gasteiger partial charge in [0.2, 0.25) is 10.0 Å². The number of methoxy groups -OCH3 is 1. The highest BCUT2D eigenvalue weighted by atomic mass is 32.2. The molecule has 2 rings (SSSR count). The Hall–Kier alpha value is -2.84. The van der Waals surface area contributed by atoms with Crippen molar-refractivity contribution in [3.05, 3.63) is 59.7 Å². The lowest BCUT2D eigenvalue weighted by molar-refractivity contribution is -0.123. The molecule has 0 fully saturated rings. The van der Waals surface area contributed by atoms with Crippen LogP contribution in [0.25, 0.3) is 6.08 Å². The average molecular weight is 419 g/mol. The van der Waals surface area contributed by atoms with Crippen LogP contribution in [0.1, 0.15) is 18.1 Å². The number of hydrogen-bond donors (Lipinski definition) is 1. The molecular weight excluding hydrogens is 392 g/mol. The summed E-state index contributed by atoms with van der Waals surface area (Å²) in [5.74, 6) is 0.601. The molecule has 0 aromatic heterocycles. The number of hydrogen-bond acceptors (Lipinski definition) is 5. The monoisotopic (exact) mass is 418 g/mol. The summed E-state index contributed by atoms with van der Waals surface area (Å²) in [5.41, 5.74) is 1.46. The van der Waals surface area contributed by atoms with E-state index in [-0.39, 0.29) is 24.0 Å². The number of carbonyl (C=O) groups is 1. The van der Waals surface area contributed by atoms with Gasteiger partial charge >= 0.3 is 0 Å². The Kier molecular flexibility index (Phi) is 7.81. The normalized spacial score (nSPS) is 11.6. The van der Waals surface area contributed by atoms with Crippen molar-refractivity contribution in [2.45, 2.75) is 18.4 Å². The predicted molar refractivity (Wildman–Crippen MR) is 112 cm³/mol. The van der Waals surface area contributed by atoms with Crippen LogP contribution in [0, 0.1) is 0 Å². The Morgan fingerprint density at radius 2 is 1.86 bits per heavy atom. The number of nitrogens with one attached hydrogen (secondary N) is 1. The maximum absolute atomic E-state index is 12.4. The summed E-state index contributed by atoms with van der Waals surface area (Å²) in [4.78, 5) is 12.4. The van der Waals surface area contributed by atoms with E-state index in [1.165, 1.54) is 27.3 Å². The van der Waals surface area contributed by atoms with E-state index in [9.17, 15) is 13.2 Å². The minimum Gasteiger partial charge on any atom is -0.493 e. The first-order valence-corrected chi connectivity index (χ1v) is 10.4. The molecule has 0 bridgehead atoms. The van der Waals surface area contributed by atoms with Crippen LogP contribution in [-0.4, -0.2) is 46.4 Å². The number of allylic oxidation sites excluding steroid dienone is 1. The second-order valence-corrected chi connectivity index (χ2v) is 8.49. The maximum Gasteiger partial charge on any atom is 0.258 e. The van der Waals surface area contributed by atoms with Gasteiger partial charge < -0.3 is 14.8 Å². The molecule has 0 aliphatic rings. The Labute approximate surface area is 172 Å². The molecule has 0 saturated heterocycles. The lowest BCUT2D eigenvalue weighted by Gasteiger charge is -2.16. The molecule has 8 heteroatoms. The van der Waals surface area contributed by atoms with Gasteiger partial charge in [0.1, 0.15) is 0 Å². The summed E-state index contributed by atoms with van der Waals surface area (Å²) >= 11 is 0. The van der Waals surface area contributed by atoms with Gasteiger partial charge in [0.05, 0.1) is 12.0 Å². The Bertz CT molecular complexity index is 984. The number of nitrogens with zero attached hydrogens (tertiary/aromatic N) is 1. The van der Waals surface area contributed by atoms with Crippen molar-refractivity contribution in [3.63, 3.8) is 0 Å². The van der Waals surface area contributed by atoms with Crippen LogP contribution in [0.2, 0.25) is 0 Å². The summed E-state index contributed by atoms with van der Waals surface area (Å²) < 4.78 is 36.9. The molecule has 0 aliphatic heterocycles. The van der Waals surface area contributed by atoms with Gasteiger partial charge in [-0.15, -0.1) is 0 Å². The molecule has 1 amide bonds. The van der Waals surface area contributed by atoms with E-state index in [0.717, 1.165) is 9.87 Å². The highest BCUT2D eigenvalue weighted by Gasteiger charge is 2.20. The smallest absolute Gasteiger partial charge is 0.258 e. The van der Waals surface area contributed by atoms with E-state index in [1.807, 2.05) is 31.2 Å². The van der Waals surface area contributed by atoms with E-state index >= 15 is 0 Å². The summed E-state index contributed by atoms with van der Waals surface area (Å²) in [7, 11) is 0.863. The summed E-state index contributed by atoms with van der Waals surface area (Å²) in [6.45, 7) is 1.77. The molecule has 156 valence electrons. The molecule has 0 spiro atoms. The van der Waals surface area contributed by atoms with Crippen molar-refractivity contribution in [1.82, 2.24) is 9.62 Å². The first-order chi connectivity index (χ1) is 13.8. The largest absolute Gasteiger partial charge is 0.493 e. The molecule has 2 aromatic rings. The second kappa shape index (κ2) is 10.1. The van der Waals surface area contributed by atoms with Crippen LogP contribution in [0.5, 0.6) is 11.5 Å². The van der Waals surface area contributed by atoms with Gasteiger partial charge in [0.25, 0.3) is 5.91 Å². The summed E-state index contributed by atoms with van der Waals surface area (Å²) in [5, 5.41) is 2.69. The number of rotatable bonds is 9. The number of carbonyl (C=O) groups excluding carboxylic acids is 1. The van der Waals surface area contributed by atoms with E-state index < -0.39 is 10.0 Å². The lowest BCUT2D eigenvalue weighted by Crippen LogP contribution is -2.30. The van der Waals surface area contributed by atoms with E-state index in [4.69, 9.17) is 9.47 Å². The van der Waals surface area contributed by atoms with Gasteiger partial charge in [-0.2, -0.15) is 0 Å². The summed E-state index contributed by atoms with van der Waals surface area (Å²) in [6.07, 6.45) is 3.84. The van der Waals surface area contributed by atoms with Crippen LogP contribution >= 0.6 is 0 Å². The lowest BCUT2D eigenvalue weighted by atomic mass is 10.2. The molecule has 2 aromatic carbocycles. The third kappa shape index (κ3) is 5.82. The third-order valence-corrected chi connectivity index (χ3v) is 6.03. The predicted octanol–water partition coefficient (Wildman–Crippen LogP) is 2.67. The van der Waals surface area contributed by atoms with Gasteiger partial charge in [-0.05, 0) is 36.2 Å². The molecule has 7 nitrogen and oxygen atoms in total. The first kappa shape index (κ1) is 22.4. The van der Waals surface area contributed by atoms with Crippen molar-refractivity contribution in [1.29, 1.82) is 0 Å². The van der Waals surface area contributed by atoms with Crippen molar-refractivity contribution in [3.8, 4) is 11.5 Å². The van der Waals surface area contributed by atoms with Crippen LogP contribution < -0.4 is 14.8 Å². The van der Waals surface area contributed by atoms with Crippen LogP contribution in [0.15, 0.2) is 53.4 Å². The standard InChI is InChI=1S/C21H26N2O5S/c1-5-8-16-11-12-18(19(13-16)27-4)28-15-21(24)22-14-17-9-6-7-10-20(17)29(25,26)23(2)3/h5-13H,14-15H2,1-4H3,(H,22,24)/b8-5+. The van der Waals surface area contributed by atoms with Gasteiger partial charge in [0, 0.05) is 20.6 Å². The van der Waals surface area contributed by atoms with Gasteiger partial charge in [-0.25, -0.2) is 12.7 Å². The fraction of sp³-hybridized carbons (Fsp3) is 0.286. The Balaban J connectivity index is 2.02. The zero-order chi connectivity index (χ0) is 21.4. The Morgan fingerprint density at radius 1 is 1.14 bits per heavy atom. The molecule has 29 heavy (non-hydrogen) atoms. The highest BCUT2D eigenvalue weighted by Crippen LogP contribution is 2.28. The van der Waals surface area contributed by atoms with Crippen molar-refractivity contribution < 1.29 is 22.7 Å². The fourth-order valence-electron chi connectivity index (χ4n) is 2.59. The molecule has 0 saturated carbocycles. The number of amides is 1. The Morgan fingerprint density at radius 3 is 2.52 bits per heavy atom. The molecule has 0 unspecified atom stereocenters. The molecule has 0 radical (unpaired) electrons.